The second-order valence-corrected chi connectivity index (χ2v) is 3.97. The van der Waals surface area contributed by atoms with Crippen molar-refractivity contribution in [1.29, 1.82) is 0 Å². The van der Waals surface area contributed by atoms with Gasteiger partial charge in [-0.2, -0.15) is 5.21 Å². The lowest BCUT2D eigenvalue weighted by Gasteiger charge is -1.96. The summed E-state index contributed by atoms with van der Waals surface area (Å²) in [6, 6.07) is 0. The van der Waals surface area contributed by atoms with E-state index in [-0.39, 0.29) is 5.78 Å². The highest BCUT2D eigenvalue weighted by molar-refractivity contribution is 5.78. The molecule has 0 saturated carbocycles. The maximum absolute atomic E-state index is 11.7. The van der Waals surface area contributed by atoms with E-state index in [2.05, 4.69) is 20.6 Å². The lowest BCUT2D eigenvalue weighted by Crippen LogP contribution is -2.24. The molecule has 0 aromatic carbocycles. The molecule has 0 radical (unpaired) electrons. The molecule has 1 N–H and O–H groups in total. The van der Waals surface area contributed by atoms with E-state index in [0.717, 1.165) is 6.42 Å². The summed E-state index contributed by atoms with van der Waals surface area (Å²) in [6.07, 6.45) is 7.66. The Morgan fingerprint density at radius 3 is 3.12 bits per heavy atom. The zero-order valence-corrected chi connectivity index (χ0v) is 9.70. The van der Waals surface area contributed by atoms with Gasteiger partial charge < -0.3 is 0 Å². The van der Waals surface area contributed by atoms with Crippen LogP contribution in [0.4, 0.5) is 0 Å². The van der Waals surface area contributed by atoms with Crippen LogP contribution in [0.25, 0.3) is 0 Å². The molecule has 0 aliphatic carbocycles. The minimum Gasteiger partial charge on any atom is -0.295 e. The zero-order chi connectivity index (χ0) is 12.1. The van der Waals surface area contributed by atoms with Crippen molar-refractivity contribution in [2.24, 2.45) is 7.05 Å². The van der Waals surface area contributed by atoms with E-state index in [9.17, 15) is 4.79 Å². The number of Topliss-reactive ketones (excluding diaryl/α,β-unsaturated/α-hetero) is 1. The second kappa shape index (κ2) is 5.33. The van der Waals surface area contributed by atoms with E-state index in [1.807, 2.05) is 34.9 Å². The smallest absolute Gasteiger partial charge is 0.243 e. The molecule has 0 bridgehead atoms. The van der Waals surface area contributed by atoms with E-state index < -0.39 is 0 Å². The Morgan fingerprint density at radius 1 is 1.59 bits per heavy atom. The molecule has 2 rings (SSSR count). The van der Waals surface area contributed by atoms with E-state index in [4.69, 9.17) is 0 Å². The topological polar surface area (TPSA) is 80.3 Å². The average molecular weight is 235 g/mol. The zero-order valence-electron chi connectivity index (χ0n) is 9.70. The summed E-state index contributed by atoms with van der Waals surface area (Å²) in [5.74, 6) is 0.870. The number of imidazole rings is 1. The first kappa shape index (κ1) is 11.4. The van der Waals surface area contributed by atoms with Crippen LogP contribution in [0, 0.1) is 0 Å². The van der Waals surface area contributed by atoms with Gasteiger partial charge in [0.2, 0.25) is 6.33 Å². The van der Waals surface area contributed by atoms with Crippen molar-refractivity contribution in [3.63, 3.8) is 0 Å². The maximum atomic E-state index is 11.7. The SMILES string of the molecule is C[n+]1ccn(CC(=O)CCCc2nn[nH]n2)c1. The molecule has 0 unspecified atom stereocenters. The molecule has 2 aromatic heterocycles. The number of hydrogen-bond acceptors (Lipinski definition) is 4. The van der Waals surface area contributed by atoms with Crippen molar-refractivity contribution in [1.82, 2.24) is 25.2 Å². The lowest BCUT2D eigenvalue weighted by molar-refractivity contribution is -0.671. The quantitative estimate of drug-likeness (QED) is 0.679. The van der Waals surface area contributed by atoms with Gasteiger partial charge in [0.25, 0.3) is 0 Å². The fourth-order valence-corrected chi connectivity index (χ4v) is 1.61. The van der Waals surface area contributed by atoms with Gasteiger partial charge in [0, 0.05) is 12.8 Å². The van der Waals surface area contributed by atoms with Crippen molar-refractivity contribution in [2.45, 2.75) is 25.8 Å². The average Bonchev–Trinajstić information content (AvgIpc) is 2.90. The van der Waals surface area contributed by atoms with E-state index >= 15 is 0 Å². The lowest BCUT2D eigenvalue weighted by atomic mass is 10.1. The number of aromatic amines is 1. The number of nitrogens with one attached hydrogen (secondary N) is 1. The molecule has 0 spiro atoms. The van der Waals surface area contributed by atoms with Crippen LogP contribution in [-0.4, -0.2) is 31.0 Å². The van der Waals surface area contributed by atoms with E-state index in [1.54, 1.807) is 0 Å². The fraction of sp³-hybridized carbons (Fsp3) is 0.500. The summed E-state index contributed by atoms with van der Waals surface area (Å²) < 4.78 is 3.78. The summed E-state index contributed by atoms with van der Waals surface area (Å²) >= 11 is 0. The van der Waals surface area contributed by atoms with Crippen molar-refractivity contribution >= 4 is 5.78 Å². The molecule has 2 aromatic rings. The number of carbonyl (C=O) groups excluding carboxylic acids is 1. The van der Waals surface area contributed by atoms with Crippen molar-refractivity contribution in [2.75, 3.05) is 0 Å². The highest BCUT2D eigenvalue weighted by Crippen LogP contribution is 1.99. The molecule has 0 atom stereocenters. The van der Waals surface area contributed by atoms with Crippen LogP contribution in [0.5, 0.6) is 0 Å². The minimum absolute atomic E-state index is 0.213. The maximum Gasteiger partial charge on any atom is 0.243 e. The summed E-state index contributed by atoms with van der Waals surface area (Å²) in [4.78, 5) is 11.7. The van der Waals surface area contributed by atoms with Crippen molar-refractivity contribution in [3.8, 4) is 0 Å². The number of hydrogen-bond donors (Lipinski definition) is 1. The predicted octanol–water partition coefficient (Wildman–Crippen LogP) is -0.582. The summed E-state index contributed by atoms with van der Waals surface area (Å²) in [6.45, 7) is 0.424. The third-order valence-corrected chi connectivity index (χ3v) is 2.43. The van der Waals surface area contributed by atoms with Crippen molar-refractivity contribution in [3.05, 3.63) is 24.5 Å². The second-order valence-electron chi connectivity index (χ2n) is 3.97. The predicted molar refractivity (Wildman–Crippen MR) is 57.7 cm³/mol. The van der Waals surface area contributed by atoms with Gasteiger partial charge in [-0.15, -0.1) is 10.2 Å². The molecule has 7 heteroatoms. The molecule has 0 amide bonds. The molecular formula is C10H15N6O+. The largest absolute Gasteiger partial charge is 0.295 e. The molecule has 0 fully saturated rings. The third-order valence-electron chi connectivity index (χ3n) is 2.43. The molecule has 0 aliphatic heterocycles. The van der Waals surface area contributed by atoms with Crippen LogP contribution in [0.3, 0.4) is 0 Å². The van der Waals surface area contributed by atoms with E-state index in [0.29, 0.717) is 25.2 Å². The van der Waals surface area contributed by atoms with Crippen LogP contribution in [0.15, 0.2) is 18.7 Å². The monoisotopic (exact) mass is 235 g/mol. The Balaban J connectivity index is 1.71. The van der Waals surface area contributed by atoms with Crippen LogP contribution >= 0.6 is 0 Å². The van der Waals surface area contributed by atoms with Crippen molar-refractivity contribution < 1.29 is 9.36 Å². The number of aryl methyl sites for hydroxylation is 2. The summed E-state index contributed by atoms with van der Waals surface area (Å²) in [5, 5.41) is 13.5. The molecule has 17 heavy (non-hydrogen) atoms. The Hall–Kier alpha value is -2.05. The Labute approximate surface area is 98.5 Å². The normalized spacial score (nSPS) is 10.6. The molecule has 7 nitrogen and oxygen atoms in total. The van der Waals surface area contributed by atoms with Gasteiger partial charge in [0.05, 0.1) is 7.05 Å². The van der Waals surface area contributed by atoms with Gasteiger partial charge in [-0.25, -0.2) is 9.13 Å². The molecule has 90 valence electrons. The number of ketones is 1. The van der Waals surface area contributed by atoms with Gasteiger partial charge in [0.1, 0.15) is 18.9 Å². The third kappa shape index (κ3) is 3.47. The molecule has 0 aliphatic rings. The van der Waals surface area contributed by atoms with Gasteiger partial charge in [0.15, 0.2) is 11.6 Å². The van der Waals surface area contributed by atoms with Crippen LogP contribution in [0.2, 0.25) is 0 Å². The fourth-order valence-electron chi connectivity index (χ4n) is 1.61. The number of H-pyrrole nitrogens is 1. The summed E-state index contributed by atoms with van der Waals surface area (Å²) in [5.41, 5.74) is 0. The van der Waals surface area contributed by atoms with E-state index in [1.165, 1.54) is 0 Å². The number of tetrazole rings is 1. The molecule has 2 heterocycles. The number of aromatic nitrogens is 6. The first-order valence-corrected chi connectivity index (χ1v) is 5.49. The van der Waals surface area contributed by atoms with Gasteiger partial charge in [-0.1, -0.05) is 5.21 Å². The molecular weight excluding hydrogens is 220 g/mol. The highest BCUT2D eigenvalue weighted by atomic mass is 16.1. The first-order valence-electron chi connectivity index (χ1n) is 5.49. The van der Waals surface area contributed by atoms with Gasteiger partial charge >= 0.3 is 0 Å². The Bertz CT molecular complexity index is 475. The minimum atomic E-state index is 0.213. The Kier molecular flexibility index (Phi) is 3.59. The highest BCUT2D eigenvalue weighted by Gasteiger charge is 2.08. The number of nitrogens with zero attached hydrogens (tertiary/aromatic N) is 5. The van der Waals surface area contributed by atoms with Crippen LogP contribution < -0.4 is 4.57 Å². The standard InChI is InChI=1S/C10H15N6O/c1-15-5-6-16(8-15)7-9(17)3-2-4-10-11-13-14-12-10/h5-6,8H,2-4,7H2,1H3,(H,11,12,13,14)/q+1. The first-order chi connectivity index (χ1) is 8.24. The molecule has 0 saturated heterocycles. The summed E-state index contributed by atoms with van der Waals surface area (Å²) in [7, 11) is 1.93. The number of rotatable bonds is 6. The Morgan fingerprint density at radius 2 is 2.47 bits per heavy atom. The van der Waals surface area contributed by atoms with Crippen LogP contribution in [-0.2, 0) is 24.8 Å². The van der Waals surface area contributed by atoms with Gasteiger partial charge in [-0.05, 0) is 6.42 Å². The van der Waals surface area contributed by atoms with Gasteiger partial charge in [-0.3, -0.25) is 4.79 Å². The van der Waals surface area contributed by atoms with Crippen LogP contribution in [0.1, 0.15) is 18.7 Å². The number of carbonyl (C=O) groups is 1.